The number of benzene rings is 1. The highest BCUT2D eigenvalue weighted by Gasteiger charge is 2.36. The van der Waals surface area contributed by atoms with E-state index in [-0.39, 0.29) is 34.5 Å². The van der Waals surface area contributed by atoms with E-state index in [1.807, 2.05) is 12.2 Å². The van der Waals surface area contributed by atoms with Crippen molar-refractivity contribution in [2.45, 2.75) is 32.3 Å². The number of carbonyl (C=O) groups excluding carboxylic acids is 2. The van der Waals surface area contributed by atoms with Crippen LogP contribution in [-0.4, -0.2) is 28.1 Å². The number of fused-ring (bicyclic) bond motifs is 2. The fourth-order valence-electron chi connectivity index (χ4n) is 3.17. The molecule has 5 nitrogen and oxygen atoms in total. The van der Waals surface area contributed by atoms with Gasteiger partial charge in [-0.15, -0.1) is 0 Å². The van der Waals surface area contributed by atoms with Gasteiger partial charge in [0.25, 0.3) is 0 Å². The molecule has 0 unspecified atom stereocenters. The third kappa shape index (κ3) is 3.87. The summed E-state index contributed by atoms with van der Waals surface area (Å²) in [5, 5.41) is 19.8. The van der Waals surface area contributed by atoms with Gasteiger partial charge in [-0.1, -0.05) is 29.8 Å². The minimum atomic E-state index is -0.747. The second-order valence-electron chi connectivity index (χ2n) is 6.58. The van der Waals surface area contributed by atoms with Crippen molar-refractivity contribution in [1.82, 2.24) is 0 Å². The summed E-state index contributed by atoms with van der Waals surface area (Å²) in [4.78, 5) is 24.7. The van der Waals surface area contributed by atoms with Gasteiger partial charge < -0.3 is 14.9 Å². The monoisotopic (exact) mass is 362 g/mol. The fourth-order valence-corrected chi connectivity index (χ4v) is 3.39. The molecule has 1 fully saturated rings. The summed E-state index contributed by atoms with van der Waals surface area (Å²) < 4.78 is 5.44. The molecule has 25 heavy (non-hydrogen) atoms. The van der Waals surface area contributed by atoms with Crippen LogP contribution in [0.5, 0.6) is 11.5 Å². The molecule has 0 saturated heterocycles. The molecule has 0 bridgehead atoms. The van der Waals surface area contributed by atoms with Crippen molar-refractivity contribution in [2.24, 2.45) is 11.8 Å². The lowest BCUT2D eigenvalue weighted by molar-refractivity contribution is -0.114. The van der Waals surface area contributed by atoms with Crippen LogP contribution < -0.4 is 0 Å². The molecular weight excluding hydrogens is 344 g/mol. The molecule has 3 atom stereocenters. The van der Waals surface area contributed by atoms with Crippen molar-refractivity contribution in [3.63, 3.8) is 0 Å². The van der Waals surface area contributed by atoms with E-state index in [9.17, 15) is 19.8 Å². The quantitative estimate of drug-likeness (QED) is 0.689. The molecule has 1 aliphatic heterocycles. The van der Waals surface area contributed by atoms with Gasteiger partial charge in [-0.25, -0.2) is 4.79 Å². The molecule has 1 aromatic carbocycles. The highest BCUT2D eigenvalue weighted by Crippen LogP contribution is 2.44. The standard InChI is InChI=1S/C19H19ClO5/c1-10-6-12-7-11(12)4-2-3-5-13(21)8-14-17(19(24)25-10)15(22)9-16(23)18(14)20/h2-5,9-12,22-23H,6-8H2,1H3/b4-2-,5-3+/t10-,11-,12+/m1/s1. The first-order valence-corrected chi connectivity index (χ1v) is 8.56. The van der Waals surface area contributed by atoms with Crippen LogP contribution in [0.4, 0.5) is 0 Å². The van der Waals surface area contributed by atoms with Gasteiger partial charge in [-0.05, 0) is 37.7 Å². The van der Waals surface area contributed by atoms with Gasteiger partial charge in [0.15, 0.2) is 5.78 Å². The number of phenols is 2. The Morgan fingerprint density at radius 2 is 1.92 bits per heavy atom. The van der Waals surface area contributed by atoms with Gasteiger partial charge in [0, 0.05) is 18.1 Å². The second-order valence-corrected chi connectivity index (χ2v) is 6.96. The lowest BCUT2D eigenvalue weighted by Gasteiger charge is -2.17. The Balaban J connectivity index is 2.01. The van der Waals surface area contributed by atoms with E-state index >= 15 is 0 Å². The smallest absolute Gasteiger partial charge is 0.342 e. The van der Waals surface area contributed by atoms with Crippen molar-refractivity contribution < 1.29 is 24.5 Å². The predicted octanol–water partition coefficient (Wildman–Crippen LogP) is 3.56. The summed E-state index contributed by atoms with van der Waals surface area (Å²) >= 11 is 6.07. The van der Waals surface area contributed by atoms with Crippen LogP contribution in [0.1, 0.15) is 35.7 Å². The number of cyclic esters (lactones) is 1. The van der Waals surface area contributed by atoms with E-state index in [1.165, 1.54) is 6.08 Å². The topological polar surface area (TPSA) is 83.8 Å². The van der Waals surface area contributed by atoms with Crippen molar-refractivity contribution >= 4 is 23.4 Å². The Kier molecular flexibility index (Phi) is 4.86. The van der Waals surface area contributed by atoms with Gasteiger partial charge in [0.1, 0.15) is 17.1 Å². The zero-order valence-electron chi connectivity index (χ0n) is 13.7. The van der Waals surface area contributed by atoms with Crippen LogP contribution in [0.15, 0.2) is 30.4 Å². The molecule has 3 rings (SSSR count). The molecular formula is C19H19ClO5. The minimum absolute atomic E-state index is 0.0661. The van der Waals surface area contributed by atoms with E-state index in [4.69, 9.17) is 16.3 Å². The maximum absolute atomic E-state index is 12.5. The average Bonchev–Trinajstić information content (AvgIpc) is 3.25. The first-order chi connectivity index (χ1) is 11.9. The van der Waals surface area contributed by atoms with E-state index in [1.54, 1.807) is 13.0 Å². The summed E-state index contributed by atoms with van der Waals surface area (Å²) in [6.45, 7) is 1.80. The SMILES string of the molecule is C[C@@H]1C[C@H]2C[C@H]2/C=C\C=C\C(=O)Cc2c(Cl)c(O)cc(O)c2C(=O)O1. The van der Waals surface area contributed by atoms with Crippen molar-refractivity contribution in [3.05, 3.63) is 46.5 Å². The van der Waals surface area contributed by atoms with Gasteiger partial charge in [-0.3, -0.25) is 4.79 Å². The normalized spacial score (nSPS) is 29.0. The number of phenolic OH excluding ortho intramolecular Hbond substituents is 2. The number of halogens is 1. The molecule has 2 aliphatic rings. The Hall–Kier alpha value is -2.27. The number of carbonyl (C=O) groups is 2. The first-order valence-electron chi connectivity index (χ1n) is 8.18. The lowest BCUT2D eigenvalue weighted by Crippen LogP contribution is -2.18. The minimum Gasteiger partial charge on any atom is -0.507 e. The number of hydrogen-bond acceptors (Lipinski definition) is 5. The summed E-state index contributed by atoms with van der Waals surface area (Å²) in [5.41, 5.74) is -0.104. The predicted molar refractivity (Wildman–Crippen MR) is 92.9 cm³/mol. The summed E-state index contributed by atoms with van der Waals surface area (Å²) in [7, 11) is 0. The largest absolute Gasteiger partial charge is 0.507 e. The van der Waals surface area contributed by atoms with Crippen molar-refractivity contribution in [2.75, 3.05) is 0 Å². The maximum Gasteiger partial charge on any atom is 0.342 e. The highest BCUT2D eigenvalue weighted by molar-refractivity contribution is 6.33. The van der Waals surface area contributed by atoms with Crippen LogP contribution in [0, 0.1) is 11.8 Å². The van der Waals surface area contributed by atoms with Gasteiger partial charge in [0.2, 0.25) is 0 Å². The molecule has 0 aromatic heterocycles. The zero-order chi connectivity index (χ0) is 18.1. The Morgan fingerprint density at radius 1 is 1.16 bits per heavy atom. The van der Waals surface area contributed by atoms with Gasteiger partial charge >= 0.3 is 5.97 Å². The summed E-state index contributed by atoms with van der Waals surface area (Å²) in [6.07, 6.45) is 8.13. The van der Waals surface area contributed by atoms with Crippen molar-refractivity contribution in [3.8, 4) is 11.5 Å². The molecule has 2 N–H and O–H groups in total. The number of ketones is 1. The summed E-state index contributed by atoms with van der Waals surface area (Å²) in [6, 6.07) is 0.982. The summed E-state index contributed by atoms with van der Waals surface area (Å²) in [5.74, 6) is -1.01. The first kappa shape index (κ1) is 17.5. The molecule has 132 valence electrons. The molecule has 1 aliphatic carbocycles. The average molecular weight is 363 g/mol. The number of esters is 1. The molecule has 1 aromatic rings. The van der Waals surface area contributed by atoms with Gasteiger partial charge in [0.05, 0.1) is 11.1 Å². The van der Waals surface area contributed by atoms with Crippen LogP contribution >= 0.6 is 11.6 Å². The van der Waals surface area contributed by atoms with E-state index < -0.39 is 17.5 Å². The van der Waals surface area contributed by atoms with E-state index in [0.29, 0.717) is 11.8 Å². The number of rotatable bonds is 0. The highest BCUT2D eigenvalue weighted by atomic mass is 35.5. The lowest BCUT2D eigenvalue weighted by atomic mass is 10.00. The van der Waals surface area contributed by atoms with Crippen LogP contribution in [0.25, 0.3) is 0 Å². The number of allylic oxidation sites excluding steroid dienone is 4. The molecule has 0 amide bonds. The van der Waals surface area contributed by atoms with Crippen molar-refractivity contribution in [1.29, 1.82) is 0 Å². The number of hydrogen-bond donors (Lipinski definition) is 2. The van der Waals surface area contributed by atoms with Crippen LogP contribution in [0.3, 0.4) is 0 Å². The molecule has 6 heteroatoms. The number of ether oxygens (including phenoxy) is 1. The third-order valence-electron chi connectivity index (χ3n) is 4.55. The zero-order valence-corrected chi connectivity index (χ0v) is 14.5. The van der Waals surface area contributed by atoms with Crippen LogP contribution in [0.2, 0.25) is 5.02 Å². The number of aromatic hydroxyl groups is 2. The maximum atomic E-state index is 12.5. The molecule has 1 saturated carbocycles. The molecule has 1 heterocycles. The van der Waals surface area contributed by atoms with E-state index in [0.717, 1.165) is 18.9 Å². The molecule has 0 spiro atoms. The fraction of sp³-hybridized carbons (Fsp3) is 0.368. The third-order valence-corrected chi connectivity index (χ3v) is 4.97. The van der Waals surface area contributed by atoms with Crippen LogP contribution in [-0.2, 0) is 16.0 Å². The Morgan fingerprint density at radius 3 is 2.68 bits per heavy atom. The van der Waals surface area contributed by atoms with E-state index in [2.05, 4.69) is 0 Å². The van der Waals surface area contributed by atoms with Gasteiger partial charge in [-0.2, -0.15) is 0 Å². The second kappa shape index (κ2) is 6.92. The Labute approximate surface area is 150 Å². The molecule has 0 radical (unpaired) electrons. The Bertz CT molecular complexity index is 781.